The number of aromatic nitrogens is 2. The molecule has 0 atom stereocenters. The normalized spacial score (nSPS) is 12.1. The molecule has 0 aliphatic rings. The van der Waals surface area contributed by atoms with E-state index >= 15 is 0 Å². The lowest BCUT2D eigenvalue weighted by atomic mass is 9.95. The molecular formula is C26H33N3O4S. The van der Waals surface area contributed by atoms with Crippen LogP contribution in [0, 0.1) is 5.92 Å². The van der Waals surface area contributed by atoms with Crippen LogP contribution in [0.3, 0.4) is 0 Å². The Bertz CT molecular complexity index is 1250. The van der Waals surface area contributed by atoms with E-state index in [4.69, 9.17) is 0 Å². The van der Waals surface area contributed by atoms with Gasteiger partial charge in [0.05, 0.1) is 12.0 Å². The standard InChI is InChI=1S/C26H33N3O4S/c1-18(2)15-20-9-12-22(23(16-20)34(31,32)28-25(30)33-6)21-10-7-19(8-11-21)17-29-14-13-27-24(29)26(3,4)5/h7-14,16,18H,15,17H2,1-6H3,(H,28,30). The molecule has 0 saturated heterocycles. The van der Waals surface area contributed by atoms with E-state index in [2.05, 4.69) is 48.9 Å². The summed E-state index contributed by atoms with van der Waals surface area (Å²) in [4.78, 5) is 16.2. The Kier molecular flexibility index (Phi) is 7.51. The van der Waals surface area contributed by atoms with Gasteiger partial charge in [0.1, 0.15) is 5.82 Å². The second-order valence-electron chi connectivity index (χ2n) is 9.85. The number of methoxy groups -OCH3 is 1. The highest BCUT2D eigenvalue weighted by atomic mass is 32.2. The Morgan fingerprint density at radius 1 is 1.09 bits per heavy atom. The van der Waals surface area contributed by atoms with Gasteiger partial charge in [-0.1, -0.05) is 71.0 Å². The van der Waals surface area contributed by atoms with Crippen LogP contribution in [-0.2, 0) is 33.1 Å². The lowest BCUT2D eigenvalue weighted by Crippen LogP contribution is -2.30. The monoisotopic (exact) mass is 483 g/mol. The first-order valence-electron chi connectivity index (χ1n) is 11.3. The molecule has 3 aromatic rings. The van der Waals surface area contributed by atoms with E-state index in [9.17, 15) is 13.2 Å². The minimum atomic E-state index is -4.12. The molecule has 1 aromatic heterocycles. The number of benzene rings is 2. The molecule has 0 spiro atoms. The van der Waals surface area contributed by atoms with E-state index in [1.54, 1.807) is 18.3 Å². The molecule has 7 nitrogen and oxygen atoms in total. The van der Waals surface area contributed by atoms with E-state index < -0.39 is 16.1 Å². The first kappa shape index (κ1) is 25.5. The zero-order valence-corrected chi connectivity index (χ0v) is 21.4. The topological polar surface area (TPSA) is 90.3 Å². The Morgan fingerprint density at radius 3 is 2.32 bits per heavy atom. The average molecular weight is 484 g/mol. The maximum Gasteiger partial charge on any atom is 0.420 e. The summed E-state index contributed by atoms with van der Waals surface area (Å²) in [6, 6.07) is 13.1. The molecule has 1 N–H and O–H groups in total. The van der Waals surface area contributed by atoms with Crippen LogP contribution in [0.5, 0.6) is 0 Å². The number of nitrogens with zero attached hydrogens (tertiary/aromatic N) is 2. The molecule has 34 heavy (non-hydrogen) atoms. The third kappa shape index (κ3) is 6.05. The van der Waals surface area contributed by atoms with Crippen molar-refractivity contribution in [1.82, 2.24) is 14.3 Å². The zero-order chi connectivity index (χ0) is 25.1. The zero-order valence-electron chi connectivity index (χ0n) is 20.6. The van der Waals surface area contributed by atoms with Gasteiger partial charge < -0.3 is 9.30 Å². The smallest absolute Gasteiger partial charge is 0.420 e. The van der Waals surface area contributed by atoms with Crippen LogP contribution in [0.4, 0.5) is 4.79 Å². The Labute approximate surface area is 202 Å². The number of ether oxygens (including phenoxy) is 1. The molecule has 0 radical (unpaired) electrons. The van der Waals surface area contributed by atoms with E-state index in [0.717, 1.165) is 36.0 Å². The van der Waals surface area contributed by atoms with Gasteiger partial charge in [-0.25, -0.2) is 22.9 Å². The highest BCUT2D eigenvalue weighted by Gasteiger charge is 2.23. The van der Waals surface area contributed by atoms with Crippen LogP contribution in [-0.4, -0.2) is 31.2 Å². The summed E-state index contributed by atoms with van der Waals surface area (Å²) in [5, 5.41) is 0. The Morgan fingerprint density at radius 2 is 1.74 bits per heavy atom. The highest BCUT2D eigenvalue weighted by Crippen LogP contribution is 2.30. The van der Waals surface area contributed by atoms with Crippen molar-refractivity contribution in [2.75, 3.05) is 7.11 Å². The second-order valence-corrected chi connectivity index (χ2v) is 11.5. The quantitative estimate of drug-likeness (QED) is 0.503. The molecule has 8 heteroatoms. The lowest BCUT2D eigenvalue weighted by molar-refractivity contribution is 0.177. The van der Waals surface area contributed by atoms with Crippen LogP contribution in [0.2, 0.25) is 0 Å². The fourth-order valence-electron chi connectivity index (χ4n) is 3.90. The number of hydrogen-bond donors (Lipinski definition) is 1. The number of imidazole rings is 1. The summed E-state index contributed by atoms with van der Waals surface area (Å²) >= 11 is 0. The molecule has 0 bridgehead atoms. The predicted molar refractivity (Wildman–Crippen MR) is 133 cm³/mol. The Balaban J connectivity index is 1.97. The number of hydrogen-bond acceptors (Lipinski definition) is 5. The summed E-state index contributed by atoms with van der Waals surface area (Å²) in [5.41, 5.74) is 3.15. The molecule has 182 valence electrons. The molecule has 0 fully saturated rings. The summed E-state index contributed by atoms with van der Waals surface area (Å²) in [7, 11) is -2.99. The average Bonchev–Trinajstić information content (AvgIpc) is 3.22. The third-order valence-corrected chi connectivity index (χ3v) is 6.74. The summed E-state index contributed by atoms with van der Waals surface area (Å²) in [6.07, 6.45) is 3.47. The van der Waals surface area contributed by atoms with Crippen molar-refractivity contribution >= 4 is 16.1 Å². The van der Waals surface area contributed by atoms with Gasteiger partial charge in [0, 0.05) is 29.9 Å². The van der Waals surface area contributed by atoms with E-state index in [1.165, 1.54) is 0 Å². The van der Waals surface area contributed by atoms with Crippen LogP contribution in [0.15, 0.2) is 59.8 Å². The van der Waals surface area contributed by atoms with Crippen LogP contribution < -0.4 is 4.72 Å². The van der Waals surface area contributed by atoms with Crippen LogP contribution in [0.1, 0.15) is 51.6 Å². The third-order valence-electron chi connectivity index (χ3n) is 5.39. The molecule has 0 aliphatic heterocycles. The predicted octanol–water partition coefficient (Wildman–Crippen LogP) is 5.14. The number of amides is 1. The lowest BCUT2D eigenvalue weighted by Gasteiger charge is -2.20. The van der Waals surface area contributed by atoms with Gasteiger partial charge in [-0.05, 0) is 35.1 Å². The van der Waals surface area contributed by atoms with Crippen LogP contribution >= 0.6 is 0 Å². The minimum Gasteiger partial charge on any atom is -0.452 e. The van der Waals surface area contributed by atoms with Gasteiger partial charge in [-0.3, -0.25) is 0 Å². The first-order chi connectivity index (χ1) is 15.9. The molecule has 2 aromatic carbocycles. The van der Waals surface area contributed by atoms with Crippen molar-refractivity contribution in [1.29, 1.82) is 0 Å². The summed E-state index contributed by atoms with van der Waals surface area (Å²) < 4.78 is 34.6. The molecule has 3 rings (SSSR count). The van der Waals surface area contributed by atoms with E-state index in [-0.39, 0.29) is 10.3 Å². The molecular weight excluding hydrogens is 450 g/mol. The van der Waals surface area contributed by atoms with Crippen LogP contribution in [0.25, 0.3) is 11.1 Å². The molecule has 0 unspecified atom stereocenters. The van der Waals surface area contributed by atoms with Gasteiger partial charge in [-0.15, -0.1) is 0 Å². The van der Waals surface area contributed by atoms with Crippen molar-refractivity contribution in [2.45, 2.75) is 57.9 Å². The number of carbonyl (C=O) groups excluding carboxylic acids is 1. The number of sulfonamides is 1. The second kappa shape index (κ2) is 10.0. The van der Waals surface area contributed by atoms with Crippen molar-refractivity contribution in [2.24, 2.45) is 5.92 Å². The van der Waals surface area contributed by atoms with Gasteiger partial charge in [0.25, 0.3) is 10.0 Å². The first-order valence-corrected chi connectivity index (χ1v) is 12.7. The number of carbonyl (C=O) groups is 1. The SMILES string of the molecule is COC(=O)NS(=O)(=O)c1cc(CC(C)C)ccc1-c1ccc(Cn2ccnc2C(C)(C)C)cc1. The molecule has 1 heterocycles. The maximum absolute atomic E-state index is 13.0. The van der Waals surface area contributed by atoms with Crippen molar-refractivity contribution in [3.63, 3.8) is 0 Å². The molecule has 0 aliphatic carbocycles. The fraction of sp³-hybridized carbons (Fsp3) is 0.385. The molecule has 1 amide bonds. The summed E-state index contributed by atoms with van der Waals surface area (Å²) in [5.74, 6) is 1.36. The minimum absolute atomic E-state index is 0.0495. The van der Waals surface area contributed by atoms with Crippen molar-refractivity contribution < 1.29 is 17.9 Å². The van der Waals surface area contributed by atoms with E-state index in [1.807, 2.05) is 41.3 Å². The van der Waals surface area contributed by atoms with Gasteiger partial charge >= 0.3 is 6.09 Å². The Hall–Kier alpha value is -3.13. The van der Waals surface area contributed by atoms with Crippen molar-refractivity contribution in [3.05, 3.63) is 71.8 Å². The number of nitrogens with one attached hydrogen (secondary N) is 1. The van der Waals surface area contributed by atoms with E-state index in [0.29, 0.717) is 18.0 Å². The summed E-state index contributed by atoms with van der Waals surface area (Å²) in [6.45, 7) is 11.2. The fourth-order valence-corrected chi connectivity index (χ4v) is 5.09. The van der Waals surface area contributed by atoms with Gasteiger partial charge in [0.15, 0.2) is 0 Å². The maximum atomic E-state index is 13.0. The number of rotatable bonds is 7. The van der Waals surface area contributed by atoms with Gasteiger partial charge in [-0.2, -0.15) is 0 Å². The van der Waals surface area contributed by atoms with Gasteiger partial charge in [0.2, 0.25) is 0 Å². The largest absolute Gasteiger partial charge is 0.452 e. The molecule has 0 saturated carbocycles. The van der Waals surface area contributed by atoms with Crippen molar-refractivity contribution in [3.8, 4) is 11.1 Å². The highest BCUT2D eigenvalue weighted by molar-refractivity contribution is 7.90.